The number of hydrogen-bond donors (Lipinski definition) is 2. The molecule has 0 saturated carbocycles. The summed E-state index contributed by atoms with van der Waals surface area (Å²) in [6.45, 7) is 0. The number of carbonyl (C=O) groups is 2. The number of hydrogen-bond acceptors (Lipinski definition) is 5. The van der Waals surface area contributed by atoms with Gasteiger partial charge < -0.3 is 15.4 Å². The second-order valence-corrected chi connectivity index (χ2v) is 9.15. The zero-order valence-corrected chi connectivity index (χ0v) is 18.6. The molecule has 2 amide bonds. The average Bonchev–Trinajstić information content (AvgIpc) is 2.79. The molecule has 3 rings (SSSR count). The molecule has 0 spiro atoms. The van der Waals surface area contributed by atoms with Crippen LogP contribution >= 0.6 is 0 Å². The Morgan fingerprint density at radius 2 is 1.47 bits per heavy atom. The Morgan fingerprint density at radius 3 is 2.12 bits per heavy atom. The Kier molecular flexibility index (Phi) is 6.92. The van der Waals surface area contributed by atoms with Gasteiger partial charge in [0.2, 0.25) is 10.0 Å². The van der Waals surface area contributed by atoms with Gasteiger partial charge in [-0.2, -0.15) is 0 Å². The molecule has 0 atom stereocenters. The van der Waals surface area contributed by atoms with E-state index in [9.17, 15) is 18.0 Å². The number of nitrogens with one attached hydrogen (secondary N) is 2. The molecule has 0 radical (unpaired) electrons. The molecule has 0 fully saturated rings. The Hall–Kier alpha value is -3.69. The minimum atomic E-state index is -3.65. The third-order valence-electron chi connectivity index (χ3n) is 4.63. The molecule has 9 heteroatoms. The lowest BCUT2D eigenvalue weighted by atomic mass is 10.1. The maximum Gasteiger partial charge on any atom is 0.255 e. The van der Waals surface area contributed by atoms with E-state index < -0.39 is 15.9 Å². The summed E-state index contributed by atoms with van der Waals surface area (Å²) in [7, 11) is 0.719. The number of benzene rings is 3. The third-order valence-corrected chi connectivity index (χ3v) is 6.45. The van der Waals surface area contributed by atoms with E-state index in [4.69, 9.17) is 4.74 Å². The fourth-order valence-corrected chi connectivity index (χ4v) is 3.81. The first-order chi connectivity index (χ1) is 15.2. The van der Waals surface area contributed by atoms with Gasteiger partial charge in [0.05, 0.1) is 17.7 Å². The Morgan fingerprint density at radius 1 is 0.812 bits per heavy atom. The summed E-state index contributed by atoms with van der Waals surface area (Å²) in [5.74, 6) is -0.246. The van der Waals surface area contributed by atoms with E-state index in [2.05, 4.69) is 10.6 Å². The number of rotatable bonds is 7. The van der Waals surface area contributed by atoms with Gasteiger partial charge in [-0.1, -0.05) is 18.2 Å². The normalized spacial score (nSPS) is 11.1. The van der Waals surface area contributed by atoms with Crippen molar-refractivity contribution in [2.45, 2.75) is 4.90 Å². The number of amides is 2. The Labute approximate surface area is 186 Å². The molecule has 0 aromatic heterocycles. The molecule has 32 heavy (non-hydrogen) atoms. The topological polar surface area (TPSA) is 105 Å². The zero-order chi connectivity index (χ0) is 23.3. The number of anilines is 2. The van der Waals surface area contributed by atoms with Crippen LogP contribution in [0.15, 0.2) is 77.7 Å². The molecule has 0 aliphatic carbocycles. The minimum absolute atomic E-state index is 0.0264. The predicted octanol–water partition coefficient (Wildman–Crippen LogP) is 3.45. The summed E-state index contributed by atoms with van der Waals surface area (Å²) >= 11 is 0. The van der Waals surface area contributed by atoms with E-state index in [0.717, 1.165) is 4.31 Å². The molecule has 0 unspecified atom stereocenters. The van der Waals surface area contributed by atoms with Crippen LogP contribution in [-0.4, -0.2) is 45.7 Å². The van der Waals surface area contributed by atoms with E-state index in [1.807, 2.05) is 0 Å². The van der Waals surface area contributed by atoms with Crippen molar-refractivity contribution in [1.82, 2.24) is 4.31 Å². The van der Waals surface area contributed by atoms with Crippen molar-refractivity contribution in [3.8, 4) is 5.75 Å². The van der Waals surface area contributed by atoms with E-state index in [0.29, 0.717) is 22.7 Å². The van der Waals surface area contributed by atoms with Gasteiger partial charge in [0, 0.05) is 30.9 Å². The predicted molar refractivity (Wildman–Crippen MR) is 123 cm³/mol. The molecule has 8 nitrogen and oxygen atoms in total. The number of methoxy groups -OCH3 is 1. The number of ether oxygens (including phenoxy) is 1. The monoisotopic (exact) mass is 453 g/mol. The molecule has 2 N–H and O–H groups in total. The highest BCUT2D eigenvalue weighted by Gasteiger charge is 2.19. The summed E-state index contributed by atoms with van der Waals surface area (Å²) in [5.41, 5.74) is 1.61. The van der Waals surface area contributed by atoms with Crippen LogP contribution in [0.2, 0.25) is 0 Å². The third kappa shape index (κ3) is 5.13. The van der Waals surface area contributed by atoms with Crippen molar-refractivity contribution in [1.29, 1.82) is 0 Å². The molecule has 3 aromatic rings. The van der Waals surface area contributed by atoms with Crippen LogP contribution in [0.3, 0.4) is 0 Å². The minimum Gasteiger partial charge on any atom is -0.495 e. The van der Waals surface area contributed by atoms with Crippen LogP contribution in [0.5, 0.6) is 5.75 Å². The molecule has 166 valence electrons. The smallest absolute Gasteiger partial charge is 0.255 e. The Balaban J connectivity index is 1.71. The van der Waals surface area contributed by atoms with Gasteiger partial charge in [0.25, 0.3) is 11.8 Å². The van der Waals surface area contributed by atoms with Crippen LogP contribution < -0.4 is 15.4 Å². The maximum absolute atomic E-state index is 12.6. The molecule has 0 bridgehead atoms. The standard InChI is InChI=1S/C23H23N3O5S/c1-26(2)32(29,30)19-8-6-7-17(15-19)23(28)24-18-13-11-16(12-14-18)22(27)25-20-9-4-5-10-21(20)31-3/h4-15H,1-3H3,(H,24,28)(H,25,27). The van der Waals surface area contributed by atoms with E-state index in [1.54, 1.807) is 48.5 Å². The lowest BCUT2D eigenvalue weighted by molar-refractivity contribution is 0.101. The molecule has 3 aromatic carbocycles. The van der Waals surface area contributed by atoms with Gasteiger partial charge in [-0.15, -0.1) is 0 Å². The van der Waals surface area contributed by atoms with E-state index >= 15 is 0 Å². The average molecular weight is 454 g/mol. The van der Waals surface area contributed by atoms with Crippen LogP contribution in [0.25, 0.3) is 0 Å². The number of nitrogens with zero attached hydrogens (tertiary/aromatic N) is 1. The SMILES string of the molecule is COc1ccccc1NC(=O)c1ccc(NC(=O)c2cccc(S(=O)(=O)N(C)C)c2)cc1. The van der Waals surface area contributed by atoms with Crippen molar-refractivity contribution in [2.75, 3.05) is 31.8 Å². The number of sulfonamides is 1. The quantitative estimate of drug-likeness (QED) is 0.570. The summed E-state index contributed by atoms with van der Waals surface area (Å²) in [5, 5.41) is 5.48. The first-order valence-electron chi connectivity index (χ1n) is 9.61. The largest absolute Gasteiger partial charge is 0.495 e. The van der Waals surface area contributed by atoms with Gasteiger partial charge in [-0.3, -0.25) is 9.59 Å². The zero-order valence-electron chi connectivity index (χ0n) is 17.8. The highest BCUT2D eigenvalue weighted by atomic mass is 32.2. The highest BCUT2D eigenvalue weighted by Crippen LogP contribution is 2.24. The lowest BCUT2D eigenvalue weighted by Crippen LogP contribution is -2.22. The second-order valence-electron chi connectivity index (χ2n) is 7.00. The molecule has 0 aliphatic rings. The van der Waals surface area contributed by atoms with Crippen molar-refractivity contribution in [3.63, 3.8) is 0 Å². The van der Waals surface area contributed by atoms with E-state index in [1.165, 1.54) is 45.5 Å². The summed E-state index contributed by atoms with van der Waals surface area (Å²) in [6.07, 6.45) is 0. The van der Waals surface area contributed by atoms with Crippen LogP contribution in [0, 0.1) is 0 Å². The molecular formula is C23H23N3O5S. The Bertz CT molecular complexity index is 1240. The van der Waals surface area contributed by atoms with Crippen molar-refractivity contribution in [3.05, 3.63) is 83.9 Å². The fraction of sp³-hybridized carbons (Fsp3) is 0.130. The maximum atomic E-state index is 12.6. The van der Waals surface area contributed by atoms with Gasteiger partial charge >= 0.3 is 0 Å². The molecule has 0 aliphatic heterocycles. The first kappa shape index (κ1) is 23.0. The van der Waals surface area contributed by atoms with Crippen LogP contribution in [-0.2, 0) is 10.0 Å². The lowest BCUT2D eigenvalue weighted by Gasteiger charge is -2.12. The van der Waals surface area contributed by atoms with Crippen molar-refractivity contribution < 1.29 is 22.7 Å². The molecular weight excluding hydrogens is 430 g/mol. The second kappa shape index (κ2) is 9.63. The van der Waals surface area contributed by atoms with Crippen molar-refractivity contribution in [2.24, 2.45) is 0 Å². The molecule has 0 saturated heterocycles. The van der Waals surface area contributed by atoms with Gasteiger partial charge in [-0.25, -0.2) is 12.7 Å². The highest BCUT2D eigenvalue weighted by molar-refractivity contribution is 7.89. The van der Waals surface area contributed by atoms with Gasteiger partial charge in [-0.05, 0) is 54.6 Å². The fourth-order valence-electron chi connectivity index (χ4n) is 2.86. The number of para-hydroxylation sites is 2. The van der Waals surface area contributed by atoms with Crippen LogP contribution in [0.1, 0.15) is 20.7 Å². The van der Waals surface area contributed by atoms with Crippen molar-refractivity contribution >= 4 is 33.2 Å². The summed E-state index contributed by atoms with van der Waals surface area (Å²) in [6, 6.07) is 19.2. The first-order valence-corrected chi connectivity index (χ1v) is 11.0. The number of carbonyl (C=O) groups excluding carboxylic acids is 2. The summed E-state index contributed by atoms with van der Waals surface area (Å²) in [4.78, 5) is 25.1. The molecule has 0 heterocycles. The van der Waals surface area contributed by atoms with Gasteiger partial charge in [0.1, 0.15) is 5.75 Å². The summed E-state index contributed by atoms with van der Waals surface area (Å²) < 4.78 is 30.9. The van der Waals surface area contributed by atoms with E-state index in [-0.39, 0.29) is 16.4 Å². The van der Waals surface area contributed by atoms with Crippen LogP contribution in [0.4, 0.5) is 11.4 Å². The van der Waals surface area contributed by atoms with Gasteiger partial charge in [0.15, 0.2) is 0 Å².